The van der Waals surface area contributed by atoms with E-state index in [-0.39, 0.29) is 6.47 Å². The van der Waals surface area contributed by atoms with Crippen molar-refractivity contribution in [1.29, 1.82) is 0 Å². The molecular weight excluding hydrogens is 196 g/mol. The fourth-order valence-corrected chi connectivity index (χ4v) is 1.03. The molecule has 80 valence electrons. The molecule has 4 heteroatoms. The van der Waals surface area contributed by atoms with E-state index in [1.165, 1.54) is 0 Å². The van der Waals surface area contributed by atoms with Gasteiger partial charge in [-0.3, -0.25) is 4.79 Å². The average Bonchev–Trinajstić information content (AvgIpc) is 2.29. The molecule has 0 aliphatic heterocycles. The van der Waals surface area contributed by atoms with Crippen LogP contribution in [0.5, 0.6) is 0 Å². The molecule has 0 fully saturated rings. The summed E-state index contributed by atoms with van der Waals surface area (Å²) < 4.78 is 9.49. The van der Waals surface area contributed by atoms with Crippen molar-refractivity contribution in [2.75, 3.05) is 0 Å². The molecule has 1 unspecified atom stereocenters. The second-order valence-electron chi connectivity index (χ2n) is 2.84. The van der Waals surface area contributed by atoms with Gasteiger partial charge in [0.25, 0.3) is 6.47 Å². The van der Waals surface area contributed by atoms with Crippen LogP contribution in [0.2, 0.25) is 0 Å². The van der Waals surface area contributed by atoms with Gasteiger partial charge in [0, 0.05) is 6.42 Å². The zero-order valence-corrected chi connectivity index (χ0v) is 8.38. The number of hydrogen-bond acceptors (Lipinski definition) is 4. The molecule has 1 aromatic carbocycles. The van der Waals surface area contributed by atoms with Gasteiger partial charge in [-0.2, -0.15) is 0 Å². The van der Waals surface area contributed by atoms with Crippen molar-refractivity contribution in [3.63, 3.8) is 0 Å². The maximum atomic E-state index is 11.5. The molecule has 15 heavy (non-hydrogen) atoms. The highest BCUT2D eigenvalue weighted by Gasteiger charge is 2.14. The average molecular weight is 208 g/mol. The van der Waals surface area contributed by atoms with Crippen LogP contribution in [0, 0.1) is 0 Å². The summed E-state index contributed by atoms with van der Waals surface area (Å²) in [6.07, 6.45) is -0.382. The third-order valence-corrected chi connectivity index (χ3v) is 1.79. The van der Waals surface area contributed by atoms with E-state index in [1.54, 1.807) is 37.3 Å². The first-order valence-corrected chi connectivity index (χ1v) is 4.63. The number of ether oxygens (including phenoxy) is 2. The van der Waals surface area contributed by atoms with Gasteiger partial charge in [0.2, 0.25) is 6.29 Å². The normalized spacial score (nSPS) is 11.5. The quantitative estimate of drug-likeness (QED) is 0.420. The first kappa shape index (κ1) is 11.2. The van der Waals surface area contributed by atoms with Gasteiger partial charge in [-0.15, -0.1) is 0 Å². The number of esters is 1. The second kappa shape index (κ2) is 5.80. The fourth-order valence-electron chi connectivity index (χ4n) is 1.03. The lowest BCUT2D eigenvalue weighted by Crippen LogP contribution is -2.20. The summed E-state index contributed by atoms with van der Waals surface area (Å²) in [6.45, 7) is 2.03. The Hall–Kier alpha value is -1.84. The molecule has 1 aromatic rings. The first-order chi connectivity index (χ1) is 7.27. The topological polar surface area (TPSA) is 52.6 Å². The highest BCUT2D eigenvalue weighted by molar-refractivity contribution is 5.89. The number of carbonyl (C=O) groups is 2. The molecule has 4 nitrogen and oxygen atoms in total. The van der Waals surface area contributed by atoms with E-state index in [2.05, 4.69) is 4.74 Å². The van der Waals surface area contributed by atoms with Crippen LogP contribution in [-0.4, -0.2) is 18.7 Å². The van der Waals surface area contributed by atoms with E-state index >= 15 is 0 Å². The molecule has 0 saturated carbocycles. The largest absolute Gasteiger partial charge is 0.427 e. The van der Waals surface area contributed by atoms with Crippen molar-refractivity contribution in [3.05, 3.63) is 35.9 Å². The van der Waals surface area contributed by atoms with Crippen LogP contribution in [0.4, 0.5) is 0 Å². The van der Waals surface area contributed by atoms with Gasteiger partial charge in [0.1, 0.15) is 0 Å². The summed E-state index contributed by atoms with van der Waals surface area (Å²) in [5.74, 6) is -0.496. The minimum Gasteiger partial charge on any atom is -0.427 e. The molecule has 1 atom stereocenters. The van der Waals surface area contributed by atoms with Gasteiger partial charge >= 0.3 is 5.97 Å². The van der Waals surface area contributed by atoms with Crippen molar-refractivity contribution < 1.29 is 19.1 Å². The Labute approximate surface area is 87.8 Å². The molecule has 0 bridgehead atoms. The minimum atomic E-state index is -0.810. The van der Waals surface area contributed by atoms with E-state index < -0.39 is 12.3 Å². The van der Waals surface area contributed by atoms with Crippen LogP contribution in [0.25, 0.3) is 0 Å². The van der Waals surface area contributed by atoms with Gasteiger partial charge < -0.3 is 9.47 Å². The predicted octanol–water partition coefficient (Wildman–Crippen LogP) is 1.75. The van der Waals surface area contributed by atoms with Gasteiger partial charge in [0.05, 0.1) is 5.56 Å². The Bertz CT molecular complexity index is 321. The number of carbonyl (C=O) groups excluding carboxylic acids is 2. The Morgan fingerprint density at radius 1 is 1.40 bits per heavy atom. The summed E-state index contributed by atoms with van der Waals surface area (Å²) in [5, 5.41) is 0. The standard InChI is InChI=1S/C11H12O4/c1-2-10(14-8-12)15-11(13)9-6-4-3-5-7-9/h3-8,10H,2H2,1H3. The summed E-state index contributed by atoms with van der Waals surface area (Å²) in [6, 6.07) is 8.54. The highest BCUT2D eigenvalue weighted by atomic mass is 16.7. The van der Waals surface area contributed by atoms with Gasteiger partial charge in [-0.1, -0.05) is 25.1 Å². The third-order valence-electron chi connectivity index (χ3n) is 1.79. The summed E-state index contributed by atoms with van der Waals surface area (Å²) >= 11 is 0. The second-order valence-corrected chi connectivity index (χ2v) is 2.84. The Balaban J connectivity index is 2.58. The van der Waals surface area contributed by atoms with Crippen LogP contribution in [0.3, 0.4) is 0 Å². The van der Waals surface area contributed by atoms with Crippen molar-refractivity contribution in [2.24, 2.45) is 0 Å². The Morgan fingerprint density at radius 3 is 2.60 bits per heavy atom. The lowest BCUT2D eigenvalue weighted by Gasteiger charge is -2.13. The molecule has 0 spiro atoms. The number of rotatable bonds is 5. The maximum absolute atomic E-state index is 11.5. The maximum Gasteiger partial charge on any atom is 0.341 e. The molecule has 0 radical (unpaired) electrons. The Morgan fingerprint density at radius 2 is 2.07 bits per heavy atom. The van der Waals surface area contributed by atoms with Crippen LogP contribution in [-0.2, 0) is 14.3 Å². The highest BCUT2D eigenvalue weighted by Crippen LogP contribution is 2.06. The summed E-state index contributed by atoms with van der Waals surface area (Å²) in [7, 11) is 0. The zero-order chi connectivity index (χ0) is 11.1. The summed E-state index contributed by atoms with van der Waals surface area (Å²) in [4.78, 5) is 21.5. The van der Waals surface area contributed by atoms with Crippen molar-refractivity contribution in [1.82, 2.24) is 0 Å². The first-order valence-electron chi connectivity index (χ1n) is 4.63. The van der Waals surface area contributed by atoms with Gasteiger partial charge in [-0.05, 0) is 12.1 Å². The van der Waals surface area contributed by atoms with Crippen LogP contribution < -0.4 is 0 Å². The fraction of sp³-hybridized carbons (Fsp3) is 0.273. The molecular formula is C11H12O4. The smallest absolute Gasteiger partial charge is 0.341 e. The predicted molar refractivity (Wildman–Crippen MR) is 53.1 cm³/mol. The van der Waals surface area contributed by atoms with Crippen LogP contribution >= 0.6 is 0 Å². The molecule has 0 aliphatic rings. The SMILES string of the molecule is CCC(OC=O)OC(=O)c1ccccc1. The molecule has 0 aliphatic carbocycles. The van der Waals surface area contributed by atoms with E-state index in [9.17, 15) is 9.59 Å². The summed E-state index contributed by atoms with van der Waals surface area (Å²) in [5.41, 5.74) is 0.436. The van der Waals surface area contributed by atoms with E-state index in [4.69, 9.17) is 4.74 Å². The lowest BCUT2D eigenvalue weighted by molar-refractivity contribution is -0.153. The van der Waals surface area contributed by atoms with Crippen molar-refractivity contribution in [2.45, 2.75) is 19.6 Å². The third kappa shape index (κ3) is 3.42. The molecule has 0 amide bonds. The van der Waals surface area contributed by atoms with Crippen LogP contribution in [0.1, 0.15) is 23.7 Å². The van der Waals surface area contributed by atoms with Gasteiger partial charge in [-0.25, -0.2) is 4.79 Å². The number of benzene rings is 1. The minimum absolute atomic E-state index is 0.270. The van der Waals surface area contributed by atoms with E-state index in [0.717, 1.165) is 0 Å². The Kier molecular flexibility index (Phi) is 4.34. The number of hydrogen-bond donors (Lipinski definition) is 0. The molecule has 0 heterocycles. The van der Waals surface area contributed by atoms with Crippen molar-refractivity contribution in [3.8, 4) is 0 Å². The zero-order valence-electron chi connectivity index (χ0n) is 8.38. The molecule has 1 rings (SSSR count). The van der Waals surface area contributed by atoms with E-state index in [0.29, 0.717) is 12.0 Å². The van der Waals surface area contributed by atoms with Crippen LogP contribution in [0.15, 0.2) is 30.3 Å². The van der Waals surface area contributed by atoms with Gasteiger partial charge in [0.15, 0.2) is 0 Å². The molecule has 0 saturated heterocycles. The molecule has 0 aromatic heterocycles. The lowest BCUT2D eigenvalue weighted by atomic mass is 10.2. The van der Waals surface area contributed by atoms with Crippen molar-refractivity contribution >= 4 is 12.4 Å². The van der Waals surface area contributed by atoms with E-state index in [1.807, 2.05) is 0 Å². The monoisotopic (exact) mass is 208 g/mol. The molecule has 0 N–H and O–H groups in total.